The molecule has 0 amide bonds. The van der Waals surface area contributed by atoms with Gasteiger partial charge >= 0.3 is 0 Å². The monoisotopic (exact) mass is 353 g/mol. The fourth-order valence-electron chi connectivity index (χ4n) is 5.31. The van der Waals surface area contributed by atoms with Crippen LogP contribution in [0, 0.1) is 0 Å². The summed E-state index contributed by atoms with van der Waals surface area (Å²) in [4.78, 5) is 0. The zero-order valence-corrected chi connectivity index (χ0v) is 16.6. The SMILES string of the molecule is CNc1ccc2c(c1)C(C)(C)c1cc3c(cc1-2)[C@@H](C)CC3c1ccccc1. The molecule has 0 saturated carbocycles. The van der Waals surface area contributed by atoms with Gasteiger partial charge < -0.3 is 5.32 Å². The van der Waals surface area contributed by atoms with Crippen LogP contribution >= 0.6 is 0 Å². The van der Waals surface area contributed by atoms with E-state index in [1.54, 1.807) is 11.1 Å². The fraction of sp³-hybridized carbons (Fsp3) is 0.308. The average molecular weight is 354 g/mol. The van der Waals surface area contributed by atoms with Crippen LogP contribution in [0.3, 0.4) is 0 Å². The van der Waals surface area contributed by atoms with Gasteiger partial charge in [-0.2, -0.15) is 0 Å². The van der Waals surface area contributed by atoms with E-state index >= 15 is 0 Å². The Labute approximate surface area is 162 Å². The number of rotatable bonds is 2. The molecule has 0 saturated heterocycles. The van der Waals surface area contributed by atoms with Crippen LogP contribution in [-0.2, 0) is 5.41 Å². The summed E-state index contributed by atoms with van der Waals surface area (Å²) in [6.07, 6.45) is 1.22. The van der Waals surface area contributed by atoms with Gasteiger partial charge in [-0.05, 0) is 63.4 Å². The van der Waals surface area contributed by atoms with E-state index in [4.69, 9.17) is 0 Å². The summed E-state index contributed by atoms with van der Waals surface area (Å²) in [5.41, 5.74) is 11.6. The summed E-state index contributed by atoms with van der Waals surface area (Å²) >= 11 is 0. The van der Waals surface area contributed by atoms with Gasteiger partial charge in [-0.15, -0.1) is 0 Å². The van der Waals surface area contributed by atoms with Gasteiger partial charge in [-0.3, -0.25) is 0 Å². The molecule has 0 spiro atoms. The molecule has 0 heterocycles. The molecule has 0 bridgehead atoms. The van der Waals surface area contributed by atoms with Crippen molar-refractivity contribution < 1.29 is 0 Å². The molecule has 2 aliphatic carbocycles. The first-order chi connectivity index (χ1) is 13.0. The Kier molecular flexibility index (Phi) is 3.53. The van der Waals surface area contributed by atoms with Gasteiger partial charge in [0.2, 0.25) is 0 Å². The third kappa shape index (κ3) is 2.31. The lowest BCUT2D eigenvalue weighted by molar-refractivity contribution is 0.658. The van der Waals surface area contributed by atoms with E-state index in [2.05, 4.69) is 86.8 Å². The highest BCUT2D eigenvalue weighted by atomic mass is 14.8. The lowest BCUT2D eigenvalue weighted by atomic mass is 9.80. The standard InChI is InChI=1S/C26H27N/c1-16-12-21(17-8-6-5-7-9-17)22-15-25-23(14-20(16)22)19-11-10-18(27-4)13-24(19)26(25,2)3/h5-11,13-16,21,27H,12H2,1-4H3/t16-,21?/m0/s1. The molecule has 0 radical (unpaired) electrons. The molecule has 1 heteroatoms. The zero-order chi connectivity index (χ0) is 18.8. The Morgan fingerprint density at radius 1 is 0.852 bits per heavy atom. The van der Waals surface area contributed by atoms with E-state index in [-0.39, 0.29) is 5.41 Å². The largest absolute Gasteiger partial charge is 0.388 e. The first-order valence-corrected chi connectivity index (χ1v) is 10.1. The maximum absolute atomic E-state index is 3.30. The number of hydrogen-bond donors (Lipinski definition) is 1. The molecule has 1 unspecified atom stereocenters. The second kappa shape index (κ2) is 5.73. The number of fused-ring (bicyclic) bond motifs is 4. The summed E-state index contributed by atoms with van der Waals surface area (Å²) in [6.45, 7) is 7.14. The Hall–Kier alpha value is -2.54. The molecule has 3 aromatic rings. The Bertz CT molecular complexity index is 1030. The van der Waals surface area contributed by atoms with E-state index in [0.717, 1.165) is 0 Å². The van der Waals surface area contributed by atoms with Crippen molar-refractivity contribution >= 4 is 5.69 Å². The molecular formula is C26H27N. The summed E-state index contributed by atoms with van der Waals surface area (Å²) in [5, 5.41) is 3.30. The summed E-state index contributed by atoms with van der Waals surface area (Å²) in [6, 6.07) is 22.9. The molecule has 0 aliphatic heterocycles. The molecule has 136 valence electrons. The van der Waals surface area contributed by atoms with Gasteiger partial charge in [0.25, 0.3) is 0 Å². The molecule has 27 heavy (non-hydrogen) atoms. The maximum atomic E-state index is 3.30. The first-order valence-electron chi connectivity index (χ1n) is 10.1. The number of nitrogens with one attached hydrogen (secondary N) is 1. The highest BCUT2D eigenvalue weighted by Gasteiger charge is 2.39. The summed E-state index contributed by atoms with van der Waals surface area (Å²) < 4.78 is 0. The van der Waals surface area contributed by atoms with Crippen molar-refractivity contribution in [2.24, 2.45) is 0 Å². The lowest BCUT2D eigenvalue weighted by Gasteiger charge is -2.23. The average Bonchev–Trinajstić information content (AvgIpc) is 3.13. The van der Waals surface area contributed by atoms with E-state index in [1.807, 2.05) is 7.05 Å². The normalized spacial score (nSPS) is 21.5. The van der Waals surface area contributed by atoms with Crippen molar-refractivity contribution in [2.45, 2.75) is 44.4 Å². The topological polar surface area (TPSA) is 12.0 Å². The first kappa shape index (κ1) is 16.6. The predicted molar refractivity (Wildman–Crippen MR) is 115 cm³/mol. The zero-order valence-electron chi connectivity index (χ0n) is 16.6. The molecule has 0 aromatic heterocycles. The summed E-state index contributed by atoms with van der Waals surface area (Å²) in [7, 11) is 2.00. The molecule has 3 aromatic carbocycles. The van der Waals surface area contributed by atoms with E-state index in [0.29, 0.717) is 11.8 Å². The van der Waals surface area contributed by atoms with Gasteiger partial charge in [0.15, 0.2) is 0 Å². The van der Waals surface area contributed by atoms with Crippen LogP contribution in [0.25, 0.3) is 11.1 Å². The van der Waals surface area contributed by atoms with Crippen LogP contribution in [-0.4, -0.2) is 7.05 Å². The highest BCUT2D eigenvalue weighted by molar-refractivity contribution is 5.83. The third-order valence-electron chi connectivity index (χ3n) is 6.87. The quantitative estimate of drug-likeness (QED) is 0.542. The molecule has 2 aliphatic rings. The van der Waals surface area contributed by atoms with Crippen LogP contribution in [0.4, 0.5) is 5.69 Å². The highest BCUT2D eigenvalue weighted by Crippen LogP contribution is 2.54. The van der Waals surface area contributed by atoms with Crippen LogP contribution in [0.5, 0.6) is 0 Å². The van der Waals surface area contributed by atoms with Gasteiger partial charge in [0.1, 0.15) is 0 Å². The minimum atomic E-state index is 0.0413. The van der Waals surface area contributed by atoms with Crippen molar-refractivity contribution in [3.05, 3.63) is 88.5 Å². The number of benzene rings is 3. The van der Waals surface area contributed by atoms with Gasteiger partial charge in [-0.1, -0.05) is 69.3 Å². The van der Waals surface area contributed by atoms with E-state index < -0.39 is 0 Å². The minimum absolute atomic E-state index is 0.0413. The number of hydrogen-bond acceptors (Lipinski definition) is 1. The third-order valence-corrected chi connectivity index (χ3v) is 6.87. The Morgan fingerprint density at radius 2 is 1.59 bits per heavy atom. The maximum Gasteiger partial charge on any atom is 0.0341 e. The predicted octanol–water partition coefficient (Wildman–Crippen LogP) is 6.67. The minimum Gasteiger partial charge on any atom is -0.388 e. The second-order valence-electron chi connectivity index (χ2n) is 8.76. The summed E-state index contributed by atoms with van der Waals surface area (Å²) in [5.74, 6) is 1.13. The second-order valence-corrected chi connectivity index (χ2v) is 8.76. The van der Waals surface area contributed by atoms with E-state index in [1.165, 1.54) is 39.9 Å². The van der Waals surface area contributed by atoms with Crippen molar-refractivity contribution in [1.82, 2.24) is 0 Å². The van der Waals surface area contributed by atoms with Crippen molar-refractivity contribution in [3.63, 3.8) is 0 Å². The fourth-order valence-corrected chi connectivity index (χ4v) is 5.31. The molecule has 5 rings (SSSR count). The van der Waals surface area contributed by atoms with Gasteiger partial charge in [0.05, 0.1) is 0 Å². The van der Waals surface area contributed by atoms with Crippen molar-refractivity contribution in [1.29, 1.82) is 0 Å². The van der Waals surface area contributed by atoms with Crippen molar-refractivity contribution in [2.75, 3.05) is 12.4 Å². The molecule has 2 atom stereocenters. The Balaban J connectivity index is 1.71. The molecule has 1 nitrogen and oxygen atoms in total. The molecule has 1 N–H and O–H groups in total. The lowest BCUT2D eigenvalue weighted by Crippen LogP contribution is -2.15. The van der Waals surface area contributed by atoms with Crippen LogP contribution < -0.4 is 5.32 Å². The van der Waals surface area contributed by atoms with Gasteiger partial charge in [-0.25, -0.2) is 0 Å². The molecule has 0 fully saturated rings. The Morgan fingerprint density at radius 3 is 2.33 bits per heavy atom. The van der Waals surface area contributed by atoms with Gasteiger partial charge in [0, 0.05) is 24.1 Å². The molecular weight excluding hydrogens is 326 g/mol. The van der Waals surface area contributed by atoms with Crippen LogP contribution in [0.15, 0.2) is 60.7 Å². The van der Waals surface area contributed by atoms with Crippen molar-refractivity contribution in [3.8, 4) is 11.1 Å². The number of anilines is 1. The van der Waals surface area contributed by atoms with Crippen LogP contribution in [0.1, 0.15) is 66.8 Å². The van der Waals surface area contributed by atoms with E-state index in [9.17, 15) is 0 Å². The van der Waals surface area contributed by atoms with Crippen LogP contribution in [0.2, 0.25) is 0 Å². The smallest absolute Gasteiger partial charge is 0.0341 e.